The predicted molar refractivity (Wildman–Crippen MR) is 69.7 cm³/mol. The molecule has 0 bridgehead atoms. The standard InChI is InChI=1S/C12H15Cl2NO2/c1-3-7(2)15-11(12(16)17)9-5-4-8(13)6-10(9)14/h4-7,11,15H,3H2,1-2H3,(H,16,17). The van der Waals surface area contributed by atoms with E-state index in [9.17, 15) is 9.90 Å². The second kappa shape index (κ2) is 6.24. The van der Waals surface area contributed by atoms with Crippen molar-refractivity contribution in [2.24, 2.45) is 0 Å². The van der Waals surface area contributed by atoms with Gasteiger partial charge in [0.15, 0.2) is 0 Å². The van der Waals surface area contributed by atoms with Gasteiger partial charge < -0.3 is 5.11 Å². The molecule has 94 valence electrons. The van der Waals surface area contributed by atoms with E-state index in [1.807, 2.05) is 13.8 Å². The Kier molecular flexibility index (Phi) is 5.25. The summed E-state index contributed by atoms with van der Waals surface area (Å²) in [6.45, 7) is 3.92. The molecular formula is C12H15Cl2NO2. The van der Waals surface area contributed by atoms with Crippen LogP contribution < -0.4 is 5.32 Å². The number of aliphatic carboxylic acids is 1. The van der Waals surface area contributed by atoms with Crippen molar-refractivity contribution in [2.45, 2.75) is 32.4 Å². The van der Waals surface area contributed by atoms with Crippen LogP contribution in [0.5, 0.6) is 0 Å². The van der Waals surface area contributed by atoms with Gasteiger partial charge in [-0.3, -0.25) is 10.1 Å². The minimum absolute atomic E-state index is 0.0999. The number of halogens is 2. The van der Waals surface area contributed by atoms with Crippen LogP contribution in [-0.4, -0.2) is 17.1 Å². The van der Waals surface area contributed by atoms with Gasteiger partial charge in [0, 0.05) is 16.1 Å². The fourth-order valence-corrected chi connectivity index (χ4v) is 1.95. The molecule has 1 rings (SSSR count). The van der Waals surface area contributed by atoms with Crippen LogP contribution in [0.4, 0.5) is 0 Å². The van der Waals surface area contributed by atoms with Gasteiger partial charge in [-0.2, -0.15) is 0 Å². The van der Waals surface area contributed by atoms with E-state index in [4.69, 9.17) is 23.2 Å². The zero-order valence-corrected chi connectivity index (χ0v) is 11.2. The average molecular weight is 276 g/mol. The first kappa shape index (κ1) is 14.3. The summed E-state index contributed by atoms with van der Waals surface area (Å²) in [4.78, 5) is 11.2. The molecule has 0 aliphatic carbocycles. The van der Waals surface area contributed by atoms with Crippen LogP contribution in [0.25, 0.3) is 0 Å². The van der Waals surface area contributed by atoms with E-state index in [1.165, 1.54) is 0 Å². The summed E-state index contributed by atoms with van der Waals surface area (Å²) in [6, 6.07) is 4.11. The first-order valence-corrected chi connectivity index (χ1v) is 6.15. The molecule has 0 saturated carbocycles. The smallest absolute Gasteiger partial charge is 0.325 e. The molecule has 0 amide bonds. The van der Waals surface area contributed by atoms with Gasteiger partial charge in [0.1, 0.15) is 6.04 Å². The fourth-order valence-electron chi connectivity index (χ4n) is 1.43. The third-order valence-corrected chi connectivity index (χ3v) is 3.15. The molecule has 0 aliphatic rings. The molecule has 0 radical (unpaired) electrons. The minimum atomic E-state index is -0.950. The van der Waals surface area contributed by atoms with Crippen molar-refractivity contribution >= 4 is 29.2 Å². The quantitative estimate of drug-likeness (QED) is 0.865. The lowest BCUT2D eigenvalue weighted by atomic mass is 10.1. The lowest BCUT2D eigenvalue weighted by Crippen LogP contribution is -2.35. The van der Waals surface area contributed by atoms with E-state index < -0.39 is 12.0 Å². The third kappa shape index (κ3) is 3.87. The monoisotopic (exact) mass is 275 g/mol. The van der Waals surface area contributed by atoms with E-state index >= 15 is 0 Å². The average Bonchev–Trinajstić information content (AvgIpc) is 2.26. The number of benzene rings is 1. The van der Waals surface area contributed by atoms with Crippen molar-refractivity contribution in [1.82, 2.24) is 5.32 Å². The molecule has 0 aromatic heterocycles. The summed E-state index contributed by atoms with van der Waals surface area (Å²) in [5.41, 5.74) is 0.531. The van der Waals surface area contributed by atoms with Crippen molar-refractivity contribution < 1.29 is 9.90 Å². The first-order chi connectivity index (χ1) is 7.95. The Morgan fingerprint density at radius 2 is 2.12 bits per heavy atom. The van der Waals surface area contributed by atoms with Crippen LogP contribution in [0, 0.1) is 0 Å². The SMILES string of the molecule is CCC(C)NC(C(=O)O)c1ccc(Cl)cc1Cl. The van der Waals surface area contributed by atoms with Crippen LogP contribution in [0.1, 0.15) is 31.9 Å². The van der Waals surface area contributed by atoms with E-state index in [0.29, 0.717) is 15.6 Å². The summed E-state index contributed by atoms with van der Waals surface area (Å²) in [5.74, 6) is -0.950. The molecule has 2 atom stereocenters. The highest BCUT2D eigenvalue weighted by Gasteiger charge is 2.23. The normalized spacial score (nSPS) is 14.4. The highest BCUT2D eigenvalue weighted by atomic mass is 35.5. The summed E-state index contributed by atoms with van der Waals surface area (Å²) < 4.78 is 0. The molecule has 1 aromatic carbocycles. The van der Waals surface area contributed by atoms with Crippen LogP contribution in [0.2, 0.25) is 10.0 Å². The Bertz CT molecular complexity index is 409. The maximum atomic E-state index is 11.2. The Morgan fingerprint density at radius 3 is 2.59 bits per heavy atom. The molecule has 2 unspecified atom stereocenters. The van der Waals surface area contributed by atoms with Gasteiger partial charge in [-0.25, -0.2) is 0 Å². The maximum absolute atomic E-state index is 11.2. The molecule has 0 spiro atoms. The molecule has 0 heterocycles. The maximum Gasteiger partial charge on any atom is 0.325 e. The molecule has 3 nitrogen and oxygen atoms in total. The van der Waals surface area contributed by atoms with Gasteiger partial charge in [-0.1, -0.05) is 36.2 Å². The third-order valence-electron chi connectivity index (χ3n) is 2.58. The van der Waals surface area contributed by atoms with Gasteiger partial charge in [0.25, 0.3) is 0 Å². The van der Waals surface area contributed by atoms with Crippen molar-refractivity contribution in [3.8, 4) is 0 Å². The van der Waals surface area contributed by atoms with Crippen LogP contribution in [-0.2, 0) is 4.79 Å². The van der Waals surface area contributed by atoms with E-state index in [-0.39, 0.29) is 6.04 Å². The summed E-state index contributed by atoms with van der Waals surface area (Å²) in [7, 11) is 0. The fraction of sp³-hybridized carbons (Fsp3) is 0.417. The van der Waals surface area contributed by atoms with E-state index in [0.717, 1.165) is 6.42 Å². The second-order valence-electron chi connectivity index (χ2n) is 3.91. The number of nitrogens with one attached hydrogen (secondary N) is 1. The zero-order chi connectivity index (χ0) is 13.0. The van der Waals surface area contributed by atoms with Gasteiger partial charge in [0.2, 0.25) is 0 Å². The molecule has 5 heteroatoms. The number of hydrogen-bond acceptors (Lipinski definition) is 2. The molecule has 17 heavy (non-hydrogen) atoms. The van der Waals surface area contributed by atoms with Crippen molar-refractivity contribution in [3.63, 3.8) is 0 Å². The zero-order valence-electron chi connectivity index (χ0n) is 9.71. The number of carboxylic acids is 1. The Balaban J connectivity index is 3.01. The lowest BCUT2D eigenvalue weighted by molar-refractivity contribution is -0.139. The highest BCUT2D eigenvalue weighted by Crippen LogP contribution is 2.27. The van der Waals surface area contributed by atoms with Crippen molar-refractivity contribution in [3.05, 3.63) is 33.8 Å². The van der Waals surface area contributed by atoms with Crippen LogP contribution >= 0.6 is 23.2 Å². The molecule has 0 fully saturated rings. The summed E-state index contributed by atoms with van der Waals surface area (Å²) in [6.07, 6.45) is 0.842. The van der Waals surface area contributed by atoms with Gasteiger partial charge in [-0.15, -0.1) is 0 Å². The predicted octanol–water partition coefficient (Wildman–Crippen LogP) is 3.51. The van der Waals surface area contributed by atoms with Crippen LogP contribution in [0.3, 0.4) is 0 Å². The number of carbonyl (C=O) groups is 1. The topological polar surface area (TPSA) is 49.3 Å². The number of rotatable bonds is 5. The number of hydrogen-bond donors (Lipinski definition) is 2. The molecule has 1 aromatic rings. The lowest BCUT2D eigenvalue weighted by Gasteiger charge is -2.20. The largest absolute Gasteiger partial charge is 0.480 e. The molecular weight excluding hydrogens is 261 g/mol. The Labute approximate surface area is 111 Å². The van der Waals surface area contributed by atoms with Crippen molar-refractivity contribution in [2.75, 3.05) is 0 Å². The van der Waals surface area contributed by atoms with Gasteiger partial charge in [0.05, 0.1) is 0 Å². The second-order valence-corrected chi connectivity index (χ2v) is 4.76. The summed E-state index contributed by atoms with van der Waals surface area (Å²) in [5, 5.41) is 13.1. The molecule has 0 aliphatic heterocycles. The van der Waals surface area contributed by atoms with Crippen molar-refractivity contribution in [1.29, 1.82) is 0 Å². The Hall–Kier alpha value is -0.770. The number of carboxylic acid groups (broad SMARTS) is 1. The van der Waals surface area contributed by atoms with Crippen LogP contribution in [0.15, 0.2) is 18.2 Å². The summed E-state index contributed by atoms with van der Waals surface area (Å²) >= 11 is 11.8. The first-order valence-electron chi connectivity index (χ1n) is 5.39. The minimum Gasteiger partial charge on any atom is -0.480 e. The highest BCUT2D eigenvalue weighted by molar-refractivity contribution is 6.35. The molecule has 0 saturated heterocycles. The van der Waals surface area contributed by atoms with E-state index in [2.05, 4.69) is 5.32 Å². The van der Waals surface area contributed by atoms with E-state index in [1.54, 1.807) is 18.2 Å². The Morgan fingerprint density at radius 1 is 1.47 bits per heavy atom. The van der Waals surface area contributed by atoms with Gasteiger partial charge >= 0.3 is 5.97 Å². The van der Waals surface area contributed by atoms with Gasteiger partial charge in [-0.05, 0) is 31.0 Å². The molecule has 2 N–H and O–H groups in total.